The Morgan fingerprint density at radius 3 is 2.37 bits per heavy atom. The van der Waals surface area contributed by atoms with Crippen molar-refractivity contribution in [2.45, 2.75) is 52.5 Å². The van der Waals surface area contributed by atoms with E-state index in [1.165, 1.54) is 6.92 Å². The summed E-state index contributed by atoms with van der Waals surface area (Å²) in [4.78, 5) is 34.2. The van der Waals surface area contributed by atoms with E-state index in [-0.39, 0.29) is 24.8 Å². The summed E-state index contributed by atoms with van der Waals surface area (Å²) in [6, 6.07) is -0.863. The Kier molecular flexibility index (Phi) is 9.48. The maximum absolute atomic E-state index is 11.8. The number of hydrogen-bond donors (Lipinski definition) is 2. The first kappa shape index (κ1) is 17.4. The van der Waals surface area contributed by atoms with Crippen LogP contribution in [-0.4, -0.2) is 37.0 Å². The van der Waals surface area contributed by atoms with Crippen molar-refractivity contribution >= 4 is 17.8 Å². The van der Waals surface area contributed by atoms with E-state index in [1.54, 1.807) is 6.92 Å². The predicted octanol–water partition coefficient (Wildman–Crippen LogP) is 0.751. The second kappa shape index (κ2) is 10.3. The zero-order chi connectivity index (χ0) is 14.7. The second-order valence-corrected chi connectivity index (χ2v) is 4.26. The van der Waals surface area contributed by atoms with Crippen molar-refractivity contribution in [2.24, 2.45) is 0 Å². The number of carbonyl (C=O) groups excluding carboxylic acids is 3. The van der Waals surface area contributed by atoms with Crippen LogP contribution in [0.4, 0.5) is 0 Å². The number of esters is 1. The van der Waals surface area contributed by atoms with E-state index < -0.39 is 12.0 Å². The quantitative estimate of drug-likeness (QED) is 0.479. The Morgan fingerprint density at radius 1 is 1.16 bits per heavy atom. The van der Waals surface area contributed by atoms with Crippen LogP contribution in [0, 0.1) is 0 Å². The number of carbonyl (C=O) groups is 3. The molecule has 0 fully saturated rings. The Balaban J connectivity index is 4.26. The molecule has 2 amide bonds. The van der Waals surface area contributed by atoms with Crippen molar-refractivity contribution in [3.8, 4) is 0 Å². The highest BCUT2D eigenvalue weighted by atomic mass is 16.5. The zero-order valence-electron chi connectivity index (χ0n) is 12.0. The SMILES string of the molecule is CCCCCNC(=O)[C@H](CC(=O)OCC)NC(C)=O. The standard InChI is InChI=1S/C13H24N2O4/c1-4-6-7-8-14-13(18)11(15-10(3)16)9-12(17)19-5-2/h11H,4-9H2,1-3H3,(H,14,18)(H,15,16)/t11-/m0/s1. The molecule has 0 saturated carbocycles. The lowest BCUT2D eigenvalue weighted by Gasteiger charge is -2.16. The molecule has 0 aliphatic heterocycles. The molecular formula is C13H24N2O4. The molecule has 19 heavy (non-hydrogen) atoms. The minimum atomic E-state index is -0.863. The molecule has 6 nitrogen and oxygen atoms in total. The van der Waals surface area contributed by atoms with E-state index >= 15 is 0 Å². The fourth-order valence-corrected chi connectivity index (χ4v) is 1.55. The van der Waals surface area contributed by atoms with Gasteiger partial charge >= 0.3 is 5.97 Å². The van der Waals surface area contributed by atoms with E-state index in [1.807, 2.05) is 0 Å². The maximum Gasteiger partial charge on any atom is 0.308 e. The first-order chi connectivity index (χ1) is 9.01. The number of hydrogen-bond acceptors (Lipinski definition) is 4. The summed E-state index contributed by atoms with van der Waals surface area (Å²) >= 11 is 0. The Labute approximate surface area is 114 Å². The molecule has 6 heteroatoms. The molecule has 0 spiro atoms. The lowest BCUT2D eigenvalue weighted by molar-refractivity contribution is -0.145. The molecule has 0 unspecified atom stereocenters. The van der Waals surface area contributed by atoms with Crippen LogP contribution >= 0.6 is 0 Å². The van der Waals surface area contributed by atoms with Crippen molar-refractivity contribution < 1.29 is 19.1 Å². The van der Waals surface area contributed by atoms with Gasteiger partial charge in [0.25, 0.3) is 0 Å². The molecule has 0 radical (unpaired) electrons. The highest BCUT2D eigenvalue weighted by Gasteiger charge is 2.22. The van der Waals surface area contributed by atoms with Gasteiger partial charge in [0.1, 0.15) is 6.04 Å². The van der Waals surface area contributed by atoms with Gasteiger partial charge in [0.05, 0.1) is 13.0 Å². The average molecular weight is 272 g/mol. The first-order valence-corrected chi connectivity index (χ1v) is 6.71. The molecule has 1 atom stereocenters. The fraction of sp³-hybridized carbons (Fsp3) is 0.769. The van der Waals surface area contributed by atoms with Gasteiger partial charge in [-0.1, -0.05) is 19.8 Å². The van der Waals surface area contributed by atoms with Gasteiger partial charge < -0.3 is 15.4 Å². The monoisotopic (exact) mass is 272 g/mol. The van der Waals surface area contributed by atoms with Gasteiger partial charge in [-0.25, -0.2) is 0 Å². The molecule has 0 saturated heterocycles. The molecule has 0 bridgehead atoms. The molecule has 2 N–H and O–H groups in total. The molecule has 0 aromatic heterocycles. The third-order valence-corrected chi connectivity index (χ3v) is 2.45. The summed E-state index contributed by atoms with van der Waals surface area (Å²) in [5, 5.41) is 5.17. The number of unbranched alkanes of at least 4 members (excludes halogenated alkanes) is 2. The van der Waals surface area contributed by atoms with Crippen LogP contribution in [0.1, 0.15) is 46.5 Å². The van der Waals surface area contributed by atoms with Gasteiger partial charge in [0, 0.05) is 13.5 Å². The molecule has 0 aliphatic carbocycles. The van der Waals surface area contributed by atoms with Crippen LogP contribution in [0.2, 0.25) is 0 Å². The molecule has 0 rings (SSSR count). The lowest BCUT2D eigenvalue weighted by atomic mass is 10.2. The highest BCUT2D eigenvalue weighted by Crippen LogP contribution is 1.98. The van der Waals surface area contributed by atoms with Gasteiger partial charge in [-0.3, -0.25) is 14.4 Å². The average Bonchev–Trinajstić information content (AvgIpc) is 2.33. The largest absolute Gasteiger partial charge is 0.466 e. The summed E-state index contributed by atoms with van der Waals surface area (Å²) in [6.45, 7) is 5.87. The van der Waals surface area contributed by atoms with Crippen molar-refractivity contribution in [3.63, 3.8) is 0 Å². The van der Waals surface area contributed by atoms with E-state index in [2.05, 4.69) is 17.6 Å². The lowest BCUT2D eigenvalue weighted by Crippen LogP contribution is -2.47. The summed E-state index contributed by atoms with van der Waals surface area (Å²) in [5.74, 6) is -1.19. The third-order valence-electron chi connectivity index (χ3n) is 2.45. The van der Waals surface area contributed by atoms with Crippen LogP contribution in [0.15, 0.2) is 0 Å². The van der Waals surface area contributed by atoms with Crippen molar-refractivity contribution in [3.05, 3.63) is 0 Å². The smallest absolute Gasteiger partial charge is 0.308 e. The van der Waals surface area contributed by atoms with E-state index in [0.29, 0.717) is 6.54 Å². The Hall–Kier alpha value is -1.59. The number of ether oxygens (including phenoxy) is 1. The minimum Gasteiger partial charge on any atom is -0.466 e. The van der Waals surface area contributed by atoms with Gasteiger partial charge in [0.15, 0.2) is 0 Å². The zero-order valence-corrected chi connectivity index (χ0v) is 12.0. The topological polar surface area (TPSA) is 84.5 Å². The molecular weight excluding hydrogens is 248 g/mol. The number of nitrogens with one attached hydrogen (secondary N) is 2. The molecule has 0 aromatic carbocycles. The summed E-state index contributed by atoms with van der Waals surface area (Å²) < 4.78 is 4.78. The van der Waals surface area contributed by atoms with Crippen LogP contribution in [0.3, 0.4) is 0 Å². The second-order valence-electron chi connectivity index (χ2n) is 4.26. The molecule has 0 aromatic rings. The van der Waals surface area contributed by atoms with E-state index in [0.717, 1.165) is 19.3 Å². The van der Waals surface area contributed by atoms with Crippen LogP contribution < -0.4 is 10.6 Å². The first-order valence-electron chi connectivity index (χ1n) is 6.71. The maximum atomic E-state index is 11.8. The molecule has 110 valence electrons. The predicted molar refractivity (Wildman–Crippen MR) is 71.4 cm³/mol. The van der Waals surface area contributed by atoms with E-state index in [9.17, 15) is 14.4 Å². The number of rotatable bonds is 9. The normalized spacial score (nSPS) is 11.5. The fourth-order valence-electron chi connectivity index (χ4n) is 1.55. The highest BCUT2D eigenvalue weighted by molar-refractivity contribution is 5.90. The van der Waals surface area contributed by atoms with Gasteiger partial charge in [0.2, 0.25) is 11.8 Å². The van der Waals surface area contributed by atoms with Crippen LogP contribution in [0.5, 0.6) is 0 Å². The van der Waals surface area contributed by atoms with Crippen molar-refractivity contribution in [1.82, 2.24) is 10.6 Å². The van der Waals surface area contributed by atoms with Gasteiger partial charge in [-0.05, 0) is 13.3 Å². The van der Waals surface area contributed by atoms with Crippen LogP contribution in [-0.2, 0) is 19.1 Å². The summed E-state index contributed by atoms with van der Waals surface area (Å²) in [7, 11) is 0. The summed E-state index contributed by atoms with van der Waals surface area (Å²) in [5.41, 5.74) is 0. The molecule has 0 heterocycles. The van der Waals surface area contributed by atoms with E-state index in [4.69, 9.17) is 4.74 Å². The van der Waals surface area contributed by atoms with Crippen molar-refractivity contribution in [2.75, 3.05) is 13.2 Å². The van der Waals surface area contributed by atoms with Gasteiger partial charge in [-0.2, -0.15) is 0 Å². The third kappa shape index (κ3) is 9.04. The molecule has 0 aliphatic rings. The van der Waals surface area contributed by atoms with Crippen molar-refractivity contribution in [1.29, 1.82) is 0 Å². The Bertz CT molecular complexity index is 305. The number of amides is 2. The Morgan fingerprint density at radius 2 is 1.84 bits per heavy atom. The minimum absolute atomic E-state index is 0.146. The summed E-state index contributed by atoms with van der Waals surface area (Å²) in [6.07, 6.45) is 2.83. The van der Waals surface area contributed by atoms with Gasteiger partial charge in [-0.15, -0.1) is 0 Å². The van der Waals surface area contributed by atoms with Crippen LogP contribution in [0.25, 0.3) is 0 Å².